The summed E-state index contributed by atoms with van der Waals surface area (Å²) in [4.78, 5) is 13.5. The molecule has 0 radical (unpaired) electrons. The summed E-state index contributed by atoms with van der Waals surface area (Å²) in [6.07, 6.45) is -10.4. The molecule has 0 atom stereocenters. The average molecular weight is 289 g/mol. The molecule has 10 heteroatoms. The van der Waals surface area contributed by atoms with Crippen molar-refractivity contribution >= 4 is 6.29 Å². The highest BCUT2D eigenvalue weighted by atomic mass is 19.4. The van der Waals surface area contributed by atoms with Crippen LogP contribution in [0.4, 0.5) is 26.3 Å². The zero-order valence-electron chi connectivity index (χ0n) is 9.09. The molecule has 0 N–H and O–H groups in total. The van der Waals surface area contributed by atoms with E-state index in [1.54, 1.807) is 0 Å². The summed E-state index contributed by atoms with van der Waals surface area (Å²) >= 11 is 0. The lowest BCUT2D eigenvalue weighted by Gasteiger charge is -2.15. The molecule has 0 fully saturated rings. The van der Waals surface area contributed by atoms with Crippen LogP contribution in [-0.4, -0.2) is 24.7 Å². The van der Waals surface area contributed by atoms with Gasteiger partial charge in [0.1, 0.15) is 11.3 Å². The number of hydrogen-bond acceptors (Lipinski definition) is 4. The molecule has 0 aliphatic carbocycles. The number of alkyl halides is 6. The zero-order chi connectivity index (χ0) is 14.8. The van der Waals surface area contributed by atoms with Crippen molar-refractivity contribution in [3.63, 3.8) is 0 Å². The van der Waals surface area contributed by atoms with Crippen molar-refractivity contribution in [3.8, 4) is 11.6 Å². The van der Waals surface area contributed by atoms with Crippen LogP contribution in [0.5, 0.6) is 11.6 Å². The van der Waals surface area contributed by atoms with E-state index in [0.717, 1.165) is 7.11 Å². The first-order valence-electron chi connectivity index (χ1n) is 4.45. The number of methoxy groups -OCH3 is 1. The molecule has 0 aliphatic heterocycles. The maximum atomic E-state index is 12.5. The first-order chi connectivity index (χ1) is 8.58. The number of aromatic nitrogens is 1. The molecule has 0 spiro atoms. The quantitative estimate of drug-likeness (QED) is 0.634. The number of aldehydes is 1. The van der Waals surface area contributed by atoms with Gasteiger partial charge in [-0.3, -0.25) is 4.79 Å². The van der Waals surface area contributed by atoms with Crippen LogP contribution in [0.3, 0.4) is 0 Å². The molecule has 1 rings (SSSR count). The Balaban J connectivity index is 3.42. The van der Waals surface area contributed by atoms with E-state index >= 15 is 0 Å². The van der Waals surface area contributed by atoms with Crippen molar-refractivity contribution in [1.29, 1.82) is 0 Å². The van der Waals surface area contributed by atoms with Crippen LogP contribution in [0.2, 0.25) is 0 Å². The Morgan fingerprint density at radius 3 is 2.16 bits per heavy atom. The Bertz CT molecular complexity index is 482. The number of ether oxygens (including phenoxy) is 2. The lowest BCUT2D eigenvalue weighted by molar-refractivity contribution is -0.275. The fourth-order valence-electron chi connectivity index (χ4n) is 1.14. The van der Waals surface area contributed by atoms with Gasteiger partial charge in [0.15, 0.2) is 12.0 Å². The van der Waals surface area contributed by atoms with Crippen LogP contribution in [-0.2, 0) is 6.18 Å². The molecule has 106 valence electrons. The van der Waals surface area contributed by atoms with E-state index in [1.807, 2.05) is 0 Å². The number of carbonyl (C=O) groups is 1. The second-order valence-corrected chi connectivity index (χ2v) is 3.09. The number of carbonyl (C=O) groups excluding carboxylic acids is 1. The molecule has 1 heterocycles. The Labute approximate surface area is 101 Å². The van der Waals surface area contributed by atoms with Crippen molar-refractivity contribution < 1.29 is 40.6 Å². The molecule has 1 aromatic rings. The van der Waals surface area contributed by atoms with Crippen molar-refractivity contribution in [2.75, 3.05) is 7.11 Å². The molecular weight excluding hydrogens is 284 g/mol. The van der Waals surface area contributed by atoms with E-state index < -0.39 is 35.4 Å². The SMILES string of the molecule is COc1nc(C=O)c(OC(F)(F)F)cc1C(F)(F)F. The predicted octanol–water partition coefficient (Wildman–Crippen LogP) is 2.82. The molecule has 1 aromatic heterocycles. The van der Waals surface area contributed by atoms with Gasteiger partial charge in [0, 0.05) is 6.07 Å². The summed E-state index contributed by atoms with van der Waals surface area (Å²) in [7, 11) is 0.830. The molecule has 0 amide bonds. The number of hydrogen-bond donors (Lipinski definition) is 0. The van der Waals surface area contributed by atoms with Crippen LogP contribution in [0.15, 0.2) is 6.07 Å². The topological polar surface area (TPSA) is 48.4 Å². The molecule has 0 bridgehead atoms. The van der Waals surface area contributed by atoms with Gasteiger partial charge < -0.3 is 9.47 Å². The maximum absolute atomic E-state index is 12.5. The smallest absolute Gasteiger partial charge is 0.481 e. The van der Waals surface area contributed by atoms with Gasteiger partial charge >= 0.3 is 12.5 Å². The van der Waals surface area contributed by atoms with E-state index in [0.29, 0.717) is 0 Å². The monoisotopic (exact) mass is 289 g/mol. The molecule has 4 nitrogen and oxygen atoms in total. The van der Waals surface area contributed by atoms with Gasteiger partial charge in [-0.2, -0.15) is 13.2 Å². The number of pyridine rings is 1. The highest BCUT2D eigenvalue weighted by Crippen LogP contribution is 2.39. The van der Waals surface area contributed by atoms with E-state index in [4.69, 9.17) is 0 Å². The average Bonchev–Trinajstić information content (AvgIpc) is 2.25. The largest absolute Gasteiger partial charge is 0.573 e. The predicted molar refractivity (Wildman–Crippen MR) is 47.9 cm³/mol. The van der Waals surface area contributed by atoms with Crippen molar-refractivity contribution in [1.82, 2.24) is 4.98 Å². The molecule has 19 heavy (non-hydrogen) atoms. The van der Waals surface area contributed by atoms with Crippen LogP contribution in [0, 0.1) is 0 Å². The minimum Gasteiger partial charge on any atom is -0.481 e. The summed E-state index contributed by atoms with van der Waals surface area (Å²) < 4.78 is 81.2. The van der Waals surface area contributed by atoms with Crippen molar-refractivity contribution in [3.05, 3.63) is 17.3 Å². The molecular formula is C9H5F6NO3. The number of nitrogens with zero attached hydrogens (tertiary/aromatic N) is 1. The number of rotatable bonds is 3. The number of halogens is 6. The molecule has 0 saturated carbocycles. The molecule has 0 aliphatic rings. The minimum absolute atomic E-state index is 0.00303. The van der Waals surface area contributed by atoms with Gasteiger partial charge in [-0.15, -0.1) is 13.2 Å². The van der Waals surface area contributed by atoms with Gasteiger partial charge in [-0.1, -0.05) is 0 Å². The fourth-order valence-corrected chi connectivity index (χ4v) is 1.14. The van der Waals surface area contributed by atoms with Gasteiger partial charge in [-0.25, -0.2) is 4.98 Å². The van der Waals surface area contributed by atoms with Crippen LogP contribution in [0.1, 0.15) is 16.1 Å². The summed E-state index contributed by atoms with van der Waals surface area (Å²) in [5.41, 5.74) is -2.54. The van der Waals surface area contributed by atoms with E-state index in [9.17, 15) is 31.1 Å². The van der Waals surface area contributed by atoms with E-state index in [-0.39, 0.29) is 12.4 Å². The van der Waals surface area contributed by atoms with Gasteiger partial charge in [0.2, 0.25) is 5.88 Å². The highest BCUT2D eigenvalue weighted by Gasteiger charge is 2.39. The van der Waals surface area contributed by atoms with Gasteiger partial charge in [0.05, 0.1) is 7.11 Å². The third-order valence-corrected chi connectivity index (χ3v) is 1.82. The van der Waals surface area contributed by atoms with Crippen molar-refractivity contribution in [2.24, 2.45) is 0 Å². The Morgan fingerprint density at radius 2 is 1.79 bits per heavy atom. The minimum atomic E-state index is -5.25. The first kappa shape index (κ1) is 15.1. The first-order valence-corrected chi connectivity index (χ1v) is 4.45. The molecule has 0 unspecified atom stereocenters. The third kappa shape index (κ3) is 3.73. The zero-order valence-corrected chi connectivity index (χ0v) is 9.09. The Hall–Kier alpha value is -2.00. The maximum Gasteiger partial charge on any atom is 0.573 e. The Kier molecular flexibility index (Phi) is 3.91. The highest BCUT2D eigenvalue weighted by molar-refractivity contribution is 5.77. The lowest BCUT2D eigenvalue weighted by Crippen LogP contribution is -2.20. The Morgan fingerprint density at radius 1 is 1.21 bits per heavy atom. The van der Waals surface area contributed by atoms with E-state index in [2.05, 4.69) is 14.5 Å². The van der Waals surface area contributed by atoms with Gasteiger partial charge in [-0.05, 0) is 0 Å². The van der Waals surface area contributed by atoms with Crippen molar-refractivity contribution in [2.45, 2.75) is 12.5 Å². The standard InChI is InChI=1S/C9H5F6NO3/c1-18-7-4(8(10,11)12)2-6(5(3-17)16-7)19-9(13,14)15/h2-3H,1H3. The summed E-state index contributed by atoms with van der Waals surface area (Å²) in [6.45, 7) is 0. The summed E-state index contributed by atoms with van der Waals surface area (Å²) in [5.74, 6) is -2.38. The summed E-state index contributed by atoms with van der Waals surface area (Å²) in [6, 6.07) is 0.00303. The second kappa shape index (κ2) is 4.94. The molecule has 0 aromatic carbocycles. The molecule has 0 saturated heterocycles. The lowest BCUT2D eigenvalue weighted by atomic mass is 10.2. The summed E-state index contributed by atoms with van der Waals surface area (Å²) in [5, 5.41) is 0. The third-order valence-electron chi connectivity index (χ3n) is 1.82. The van der Waals surface area contributed by atoms with Crippen LogP contribution in [0.25, 0.3) is 0 Å². The van der Waals surface area contributed by atoms with Crippen LogP contribution < -0.4 is 9.47 Å². The second-order valence-electron chi connectivity index (χ2n) is 3.09. The van der Waals surface area contributed by atoms with E-state index in [1.165, 1.54) is 0 Å². The normalized spacial score (nSPS) is 12.2. The fraction of sp³-hybridized carbons (Fsp3) is 0.333. The van der Waals surface area contributed by atoms with Gasteiger partial charge in [0.25, 0.3) is 0 Å². The van der Waals surface area contributed by atoms with Crippen LogP contribution >= 0.6 is 0 Å².